The zero-order valence-corrected chi connectivity index (χ0v) is 10.1. The zero-order chi connectivity index (χ0) is 12.1. The number of hydrogen-bond acceptors (Lipinski definition) is 2. The molecule has 0 aromatic carbocycles. The lowest BCUT2D eigenvalue weighted by molar-refractivity contribution is 0.150. The predicted octanol–water partition coefficient (Wildman–Crippen LogP) is 3.61. The number of nitrogens with zero attached hydrogens (tertiary/aromatic N) is 1. The van der Waals surface area contributed by atoms with E-state index in [1.54, 1.807) is 6.20 Å². The molecule has 1 saturated carbocycles. The van der Waals surface area contributed by atoms with E-state index in [0.29, 0.717) is 5.56 Å². The molecule has 0 aliphatic heterocycles. The van der Waals surface area contributed by atoms with Gasteiger partial charge in [-0.15, -0.1) is 0 Å². The van der Waals surface area contributed by atoms with Gasteiger partial charge in [-0.1, -0.05) is 32.1 Å². The van der Waals surface area contributed by atoms with Crippen LogP contribution in [0.1, 0.15) is 56.6 Å². The van der Waals surface area contributed by atoms with Crippen LogP contribution in [0.5, 0.6) is 0 Å². The monoisotopic (exact) mass is 237 g/mol. The molecule has 2 rings (SSSR count). The van der Waals surface area contributed by atoms with E-state index >= 15 is 0 Å². The maximum atomic E-state index is 12.9. The Morgan fingerprint density at radius 1 is 1.29 bits per heavy atom. The highest BCUT2D eigenvalue weighted by molar-refractivity contribution is 5.13. The van der Waals surface area contributed by atoms with Crippen LogP contribution >= 0.6 is 0 Å². The summed E-state index contributed by atoms with van der Waals surface area (Å²) in [5.41, 5.74) is 0.598. The highest BCUT2D eigenvalue weighted by atomic mass is 19.1. The number of aliphatic hydroxyl groups is 1. The molecule has 3 heteroatoms. The number of aromatic nitrogens is 1. The Labute approximate surface area is 102 Å². The van der Waals surface area contributed by atoms with Gasteiger partial charge in [-0.3, -0.25) is 4.98 Å². The summed E-state index contributed by atoms with van der Waals surface area (Å²) in [6.07, 6.45) is 10.5. The lowest BCUT2D eigenvalue weighted by atomic mass is 9.85. The average molecular weight is 237 g/mol. The smallest absolute Gasteiger partial charge is 0.141 e. The third-order valence-corrected chi connectivity index (χ3v) is 3.68. The van der Waals surface area contributed by atoms with E-state index in [-0.39, 0.29) is 5.82 Å². The highest BCUT2D eigenvalue weighted by Crippen LogP contribution is 2.30. The summed E-state index contributed by atoms with van der Waals surface area (Å²) in [5, 5.41) is 9.97. The summed E-state index contributed by atoms with van der Waals surface area (Å²) in [4.78, 5) is 3.77. The lowest BCUT2D eigenvalue weighted by Gasteiger charge is -2.22. The fourth-order valence-electron chi connectivity index (χ4n) is 2.65. The van der Waals surface area contributed by atoms with Gasteiger partial charge >= 0.3 is 0 Å². The average Bonchev–Trinajstić information content (AvgIpc) is 2.37. The summed E-state index contributed by atoms with van der Waals surface area (Å²) in [6, 6.07) is 1.37. The predicted molar refractivity (Wildman–Crippen MR) is 65.0 cm³/mol. The van der Waals surface area contributed by atoms with Crippen LogP contribution < -0.4 is 0 Å². The van der Waals surface area contributed by atoms with Gasteiger partial charge in [0, 0.05) is 11.8 Å². The molecular formula is C14H20FNO. The molecule has 1 unspecified atom stereocenters. The third-order valence-electron chi connectivity index (χ3n) is 3.68. The quantitative estimate of drug-likeness (QED) is 0.867. The van der Waals surface area contributed by atoms with Gasteiger partial charge in [-0.25, -0.2) is 4.39 Å². The summed E-state index contributed by atoms with van der Waals surface area (Å²) in [5.74, 6) is 0.374. The van der Waals surface area contributed by atoms with Crippen molar-refractivity contribution in [3.8, 4) is 0 Å². The number of rotatable bonds is 4. The molecule has 2 nitrogen and oxygen atoms in total. The molecule has 0 spiro atoms. The molecule has 1 aromatic heterocycles. The van der Waals surface area contributed by atoms with Crippen LogP contribution in [0.15, 0.2) is 18.5 Å². The van der Waals surface area contributed by atoms with Crippen LogP contribution in [0, 0.1) is 11.7 Å². The van der Waals surface area contributed by atoms with E-state index in [4.69, 9.17) is 0 Å². The summed E-state index contributed by atoms with van der Waals surface area (Å²) >= 11 is 0. The molecule has 0 amide bonds. The van der Waals surface area contributed by atoms with Crippen LogP contribution in [0.2, 0.25) is 0 Å². The van der Waals surface area contributed by atoms with Crippen molar-refractivity contribution < 1.29 is 9.50 Å². The van der Waals surface area contributed by atoms with Crippen LogP contribution in [0.25, 0.3) is 0 Å². The van der Waals surface area contributed by atoms with E-state index in [9.17, 15) is 9.50 Å². The second kappa shape index (κ2) is 6.10. The Morgan fingerprint density at radius 3 is 2.76 bits per heavy atom. The molecule has 1 fully saturated rings. The number of aliphatic hydroxyl groups excluding tert-OH is 1. The first kappa shape index (κ1) is 12.5. The Bertz CT molecular complexity index is 350. The van der Waals surface area contributed by atoms with Crippen molar-refractivity contribution in [2.24, 2.45) is 5.92 Å². The third kappa shape index (κ3) is 3.77. The zero-order valence-electron chi connectivity index (χ0n) is 10.1. The van der Waals surface area contributed by atoms with Gasteiger partial charge in [0.25, 0.3) is 0 Å². The van der Waals surface area contributed by atoms with Crippen LogP contribution in [0.3, 0.4) is 0 Å². The topological polar surface area (TPSA) is 33.1 Å². The van der Waals surface area contributed by atoms with Crippen LogP contribution in [-0.2, 0) is 0 Å². The highest BCUT2D eigenvalue weighted by Gasteiger charge is 2.16. The molecule has 94 valence electrons. The molecule has 0 radical (unpaired) electrons. The van der Waals surface area contributed by atoms with Gasteiger partial charge in [0.05, 0.1) is 12.3 Å². The van der Waals surface area contributed by atoms with E-state index in [1.807, 2.05) is 0 Å². The molecule has 0 saturated heterocycles. The molecule has 1 aromatic rings. The maximum absolute atomic E-state index is 12.9. The Morgan fingerprint density at radius 2 is 2.06 bits per heavy atom. The molecular weight excluding hydrogens is 217 g/mol. The van der Waals surface area contributed by atoms with Crippen molar-refractivity contribution in [1.82, 2.24) is 4.98 Å². The van der Waals surface area contributed by atoms with Gasteiger partial charge in [0.1, 0.15) is 5.82 Å². The normalized spacial score (nSPS) is 19.2. The van der Waals surface area contributed by atoms with Crippen molar-refractivity contribution in [3.05, 3.63) is 29.8 Å². The van der Waals surface area contributed by atoms with Crippen molar-refractivity contribution in [2.75, 3.05) is 0 Å². The van der Waals surface area contributed by atoms with Crippen molar-refractivity contribution in [3.63, 3.8) is 0 Å². The van der Waals surface area contributed by atoms with Gasteiger partial charge in [-0.2, -0.15) is 0 Å². The minimum absolute atomic E-state index is 0.376. The van der Waals surface area contributed by atoms with Crippen molar-refractivity contribution >= 4 is 0 Å². The SMILES string of the molecule is OC(CCC1CCCCC1)c1cncc(F)c1. The van der Waals surface area contributed by atoms with Gasteiger partial charge in [0.15, 0.2) is 0 Å². The van der Waals surface area contributed by atoms with Crippen LogP contribution in [-0.4, -0.2) is 10.1 Å². The number of pyridine rings is 1. The van der Waals surface area contributed by atoms with Crippen molar-refractivity contribution in [2.45, 2.75) is 51.0 Å². The molecule has 1 N–H and O–H groups in total. The molecule has 1 atom stereocenters. The fraction of sp³-hybridized carbons (Fsp3) is 0.643. The number of halogens is 1. The molecule has 1 aliphatic carbocycles. The Hall–Kier alpha value is -0.960. The number of hydrogen-bond donors (Lipinski definition) is 1. The summed E-state index contributed by atoms with van der Waals surface area (Å²) in [6.45, 7) is 0. The second-order valence-corrected chi connectivity index (χ2v) is 5.03. The van der Waals surface area contributed by atoms with E-state index in [1.165, 1.54) is 38.2 Å². The fourth-order valence-corrected chi connectivity index (χ4v) is 2.65. The first-order valence-electron chi connectivity index (χ1n) is 6.54. The van der Waals surface area contributed by atoms with E-state index in [0.717, 1.165) is 25.0 Å². The van der Waals surface area contributed by atoms with E-state index in [2.05, 4.69) is 4.98 Å². The second-order valence-electron chi connectivity index (χ2n) is 5.03. The van der Waals surface area contributed by atoms with Gasteiger partial charge < -0.3 is 5.11 Å². The maximum Gasteiger partial charge on any atom is 0.141 e. The van der Waals surface area contributed by atoms with E-state index < -0.39 is 6.10 Å². The first-order chi connectivity index (χ1) is 8.25. The molecule has 1 heterocycles. The molecule has 0 bridgehead atoms. The van der Waals surface area contributed by atoms with Crippen LogP contribution in [0.4, 0.5) is 4.39 Å². The summed E-state index contributed by atoms with van der Waals surface area (Å²) < 4.78 is 12.9. The van der Waals surface area contributed by atoms with Gasteiger partial charge in [-0.05, 0) is 24.8 Å². The Kier molecular flexibility index (Phi) is 4.49. The summed E-state index contributed by atoms with van der Waals surface area (Å²) in [7, 11) is 0. The minimum Gasteiger partial charge on any atom is -0.388 e. The van der Waals surface area contributed by atoms with Gasteiger partial charge in [0.2, 0.25) is 0 Å². The first-order valence-corrected chi connectivity index (χ1v) is 6.54. The molecule has 17 heavy (non-hydrogen) atoms. The minimum atomic E-state index is -0.569. The largest absolute Gasteiger partial charge is 0.388 e. The lowest BCUT2D eigenvalue weighted by Crippen LogP contribution is -2.08. The Balaban J connectivity index is 1.82. The molecule has 1 aliphatic rings. The van der Waals surface area contributed by atoms with Crippen molar-refractivity contribution in [1.29, 1.82) is 0 Å². The standard InChI is InChI=1S/C14H20FNO/c15-13-8-12(9-16-10-13)14(17)7-6-11-4-2-1-3-5-11/h8-11,14,17H,1-7H2.